The molecule has 0 aliphatic heterocycles. The number of carbonyl (C=O) groups is 3. The smallest absolute Gasteiger partial charge is 0.408 e. The van der Waals surface area contributed by atoms with Crippen LogP contribution in [-0.2, 0) is 14.3 Å². The first-order valence-corrected chi connectivity index (χ1v) is 13.4. The van der Waals surface area contributed by atoms with Gasteiger partial charge in [0.15, 0.2) is 0 Å². The van der Waals surface area contributed by atoms with Crippen molar-refractivity contribution in [3.63, 3.8) is 0 Å². The average Bonchev–Trinajstić information content (AvgIpc) is 2.81. The molecule has 0 saturated heterocycles. The molecule has 2 N–H and O–H groups in total. The number of aryl methyl sites for hydroxylation is 3. The van der Waals surface area contributed by atoms with Gasteiger partial charge in [0.25, 0.3) is 5.91 Å². The first-order valence-electron chi connectivity index (χ1n) is 12.7. The Bertz CT molecular complexity index is 1100. The van der Waals surface area contributed by atoms with Crippen LogP contribution in [0.4, 0.5) is 10.5 Å². The lowest BCUT2D eigenvalue weighted by molar-refractivity contribution is -0.140. The van der Waals surface area contributed by atoms with Crippen LogP contribution in [0.15, 0.2) is 42.5 Å². The summed E-state index contributed by atoms with van der Waals surface area (Å²) in [6.07, 6.45) is 0.812. The highest BCUT2D eigenvalue weighted by molar-refractivity contribution is 7.80. The van der Waals surface area contributed by atoms with Crippen molar-refractivity contribution in [1.82, 2.24) is 10.2 Å². The number of ether oxygens (including phenoxy) is 1. The SMILES string of the molecule is CCCCN(C(=O)C(CS)NC(=O)OC(C)(C)C)C(C(=O)Nc1ccccc1C)c1ccc(C)cc1C. The zero-order chi connectivity index (χ0) is 27.8. The molecular formula is C29H41N3O4S. The van der Waals surface area contributed by atoms with E-state index >= 15 is 0 Å². The Hall–Kier alpha value is -3.00. The van der Waals surface area contributed by atoms with Crippen LogP contribution in [0.1, 0.15) is 68.8 Å². The van der Waals surface area contributed by atoms with Gasteiger partial charge in [-0.2, -0.15) is 12.6 Å². The van der Waals surface area contributed by atoms with Gasteiger partial charge in [0, 0.05) is 18.0 Å². The number of rotatable bonds is 10. The van der Waals surface area contributed by atoms with Crippen LogP contribution in [0.3, 0.4) is 0 Å². The molecular weight excluding hydrogens is 486 g/mol. The summed E-state index contributed by atoms with van der Waals surface area (Å²) in [6.45, 7) is 13.5. The van der Waals surface area contributed by atoms with Gasteiger partial charge in [-0.05, 0) is 70.7 Å². The highest BCUT2D eigenvalue weighted by Gasteiger charge is 2.36. The molecule has 0 aromatic heterocycles. The summed E-state index contributed by atoms with van der Waals surface area (Å²) < 4.78 is 5.36. The molecule has 0 aliphatic rings. The van der Waals surface area contributed by atoms with Crippen LogP contribution in [0.25, 0.3) is 0 Å². The lowest BCUT2D eigenvalue weighted by atomic mass is 9.96. The molecule has 8 heteroatoms. The summed E-state index contributed by atoms with van der Waals surface area (Å²) in [4.78, 5) is 41.9. The second kappa shape index (κ2) is 13.5. The highest BCUT2D eigenvalue weighted by Crippen LogP contribution is 2.29. The van der Waals surface area contributed by atoms with E-state index in [1.54, 1.807) is 25.7 Å². The van der Waals surface area contributed by atoms with Crippen LogP contribution in [0, 0.1) is 20.8 Å². The number of benzene rings is 2. The number of alkyl carbamates (subject to hydrolysis) is 1. The summed E-state index contributed by atoms with van der Waals surface area (Å²) >= 11 is 4.34. The van der Waals surface area contributed by atoms with E-state index in [1.165, 1.54) is 0 Å². The molecule has 0 spiro atoms. The second-order valence-electron chi connectivity index (χ2n) is 10.3. The van der Waals surface area contributed by atoms with Gasteiger partial charge in [0.2, 0.25) is 5.91 Å². The zero-order valence-electron chi connectivity index (χ0n) is 23.1. The predicted molar refractivity (Wildman–Crippen MR) is 152 cm³/mol. The molecule has 0 heterocycles. The van der Waals surface area contributed by atoms with Gasteiger partial charge < -0.3 is 20.3 Å². The molecule has 2 aromatic rings. The second-order valence-corrected chi connectivity index (χ2v) is 10.7. The number of hydrogen-bond donors (Lipinski definition) is 3. The third-order valence-corrected chi connectivity index (χ3v) is 6.26. The minimum Gasteiger partial charge on any atom is -0.444 e. The molecule has 2 aromatic carbocycles. The maximum absolute atomic E-state index is 13.9. The number of nitrogens with zero attached hydrogens (tertiary/aromatic N) is 1. The first-order chi connectivity index (χ1) is 17.4. The van der Waals surface area contributed by atoms with Crippen LogP contribution in [0.5, 0.6) is 0 Å². The van der Waals surface area contributed by atoms with Crippen LogP contribution in [-0.4, -0.2) is 46.7 Å². The Balaban J connectivity index is 2.52. The quantitative estimate of drug-likeness (QED) is 0.344. The number of carbonyl (C=O) groups excluding carboxylic acids is 3. The summed E-state index contributed by atoms with van der Waals surface area (Å²) in [5, 5.41) is 5.67. The van der Waals surface area contributed by atoms with Gasteiger partial charge in [-0.15, -0.1) is 0 Å². The largest absolute Gasteiger partial charge is 0.444 e. The zero-order valence-corrected chi connectivity index (χ0v) is 23.9. The van der Waals surface area contributed by atoms with E-state index in [9.17, 15) is 14.4 Å². The van der Waals surface area contributed by atoms with E-state index < -0.39 is 23.8 Å². The van der Waals surface area contributed by atoms with Gasteiger partial charge in [-0.25, -0.2) is 4.79 Å². The Kier molecular flexibility index (Phi) is 11.0. The standard InChI is InChI=1S/C29H41N3O4S/c1-8-9-16-32(27(34)24(18-37)31-28(35)36-29(5,6)7)25(22-15-14-19(2)17-21(22)4)26(33)30-23-13-11-10-12-20(23)3/h10-15,17,24-25,37H,8-9,16,18H2,1-7H3,(H,30,33)(H,31,35). The Labute approximate surface area is 226 Å². The average molecular weight is 528 g/mol. The molecule has 0 bridgehead atoms. The maximum atomic E-state index is 13.9. The van der Waals surface area contributed by atoms with Crippen molar-refractivity contribution in [2.24, 2.45) is 0 Å². The minimum atomic E-state index is -0.963. The van der Waals surface area contributed by atoms with E-state index in [1.807, 2.05) is 70.2 Å². The minimum absolute atomic E-state index is 0.0553. The van der Waals surface area contributed by atoms with Gasteiger partial charge in [-0.1, -0.05) is 55.3 Å². The third-order valence-electron chi connectivity index (χ3n) is 5.89. The molecule has 7 nitrogen and oxygen atoms in total. The Morgan fingerprint density at radius 2 is 1.70 bits per heavy atom. The number of hydrogen-bond acceptors (Lipinski definition) is 5. The number of anilines is 1. The normalized spacial score (nSPS) is 12.9. The van der Waals surface area contributed by atoms with Crippen LogP contribution < -0.4 is 10.6 Å². The van der Waals surface area contributed by atoms with E-state index in [-0.39, 0.29) is 17.6 Å². The molecule has 0 fully saturated rings. The number of unbranched alkanes of at least 4 members (excludes halogenated alkanes) is 1. The molecule has 2 atom stereocenters. The van der Waals surface area contributed by atoms with Crippen LogP contribution in [0.2, 0.25) is 0 Å². The molecule has 2 unspecified atom stereocenters. The van der Waals surface area contributed by atoms with Gasteiger partial charge in [0.05, 0.1) is 0 Å². The predicted octanol–water partition coefficient (Wildman–Crippen LogP) is 5.74. The first kappa shape index (κ1) is 30.2. The topological polar surface area (TPSA) is 87.7 Å². The summed E-state index contributed by atoms with van der Waals surface area (Å²) in [5.74, 6) is -0.653. The van der Waals surface area contributed by atoms with Gasteiger partial charge in [0.1, 0.15) is 17.7 Å². The molecule has 0 saturated carbocycles. The summed E-state index contributed by atoms with van der Waals surface area (Å²) in [5.41, 5.74) is 3.58. The number of para-hydroxylation sites is 1. The maximum Gasteiger partial charge on any atom is 0.408 e. The Morgan fingerprint density at radius 3 is 2.27 bits per heavy atom. The summed E-state index contributed by atoms with van der Waals surface area (Å²) in [7, 11) is 0. The van der Waals surface area contributed by atoms with Crippen molar-refractivity contribution in [1.29, 1.82) is 0 Å². The van der Waals surface area contributed by atoms with E-state index in [0.717, 1.165) is 28.7 Å². The molecule has 0 radical (unpaired) electrons. The number of nitrogens with one attached hydrogen (secondary N) is 2. The lowest BCUT2D eigenvalue weighted by Crippen LogP contribution is -2.53. The van der Waals surface area contributed by atoms with Crippen molar-refractivity contribution in [3.8, 4) is 0 Å². The molecule has 202 valence electrons. The van der Waals surface area contributed by atoms with Crippen molar-refractivity contribution in [2.75, 3.05) is 17.6 Å². The fourth-order valence-electron chi connectivity index (χ4n) is 4.03. The molecule has 2 rings (SSSR count). The van der Waals surface area contributed by atoms with E-state index in [0.29, 0.717) is 18.7 Å². The van der Waals surface area contributed by atoms with Crippen molar-refractivity contribution in [2.45, 2.75) is 79.0 Å². The number of thiol groups is 1. The summed E-state index contributed by atoms with van der Waals surface area (Å²) in [6, 6.07) is 11.5. The van der Waals surface area contributed by atoms with Crippen molar-refractivity contribution < 1.29 is 19.1 Å². The molecule has 37 heavy (non-hydrogen) atoms. The molecule has 3 amide bonds. The lowest BCUT2D eigenvalue weighted by Gasteiger charge is -2.35. The highest BCUT2D eigenvalue weighted by atomic mass is 32.1. The Morgan fingerprint density at radius 1 is 1.03 bits per heavy atom. The van der Waals surface area contributed by atoms with Crippen LogP contribution >= 0.6 is 12.6 Å². The van der Waals surface area contributed by atoms with Gasteiger partial charge in [-0.3, -0.25) is 9.59 Å². The number of amides is 3. The van der Waals surface area contributed by atoms with Gasteiger partial charge >= 0.3 is 6.09 Å². The third kappa shape index (κ3) is 8.81. The monoisotopic (exact) mass is 527 g/mol. The van der Waals surface area contributed by atoms with Crippen molar-refractivity contribution in [3.05, 3.63) is 64.7 Å². The fourth-order valence-corrected chi connectivity index (χ4v) is 4.28. The van der Waals surface area contributed by atoms with Crippen molar-refractivity contribution >= 4 is 36.2 Å². The van der Waals surface area contributed by atoms with E-state index in [4.69, 9.17) is 4.74 Å². The molecule has 0 aliphatic carbocycles. The van der Waals surface area contributed by atoms with E-state index in [2.05, 4.69) is 23.3 Å². The fraction of sp³-hybridized carbons (Fsp3) is 0.483.